The Morgan fingerprint density at radius 1 is 0.467 bits per heavy atom. The van der Waals surface area contributed by atoms with Crippen LogP contribution in [0.1, 0.15) is 220 Å². The predicted molar refractivity (Wildman–Crippen MR) is 192 cm³/mol. The first-order chi connectivity index (χ1) is 22.0. The highest BCUT2D eigenvalue weighted by Gasteiger charge is 2.12. The van der Waals surface area contributed by atoms with Crippen molar-refractivity contribution in [2.24, 2.45) is 5.92 Å². The molecule has 1 N–H and O–H groups in total. The number of ether oxygens (including phenoxy) is 2. The number of aliphatic hydroxyl groups is 1. The van der Waals surface area contributed by atoms with Crippen molar-refractivity contribution in [3.63, 3.8) is 0 Å². The summed E-state index contributed by atoms with van der Waals surface area (Å²) in [4.78, 5) is 23.9. The second kappa shape index (κ2) is 35.7. The molecular formula is C40H78O5. The molecular weight excluding hydrogens is 560 g/mol. The molecule has 268 valence electrons. The van der Waals surface area contributed by atoms with E-state index in [0.29, 0.717) is 12.8 Å². The molecule has 0 fully saturated rings. The van der Waals surface area contributed by atoms with Gasteiger partial charge in [-0.25, -0.2) is 0 Å². The lowest BCUT2D eigenvalue weighted by atomic mass is 9.99. The molecule has 5 nitrogen and oxygen atoms in total. The summed E-state index contributed by atoms with van der Waals surface area (Å²) in [6, 6.07) is 0. The number of aliphatic hydroxyl groups excluding tert-OH is 1. The summed E-state index contributed by atoms with van der Waals surface area (Å²) in [6.07, 6.45) is 37.3. The van der Waals surface area contributed by atoms with Gasteiger partial charge in [-0.3, -0.25) is 9.59 Å². The van der Waals surface area contributed by atoms with E-state index in [0.717, 1.165) is 38.0 Å². The first-order valence-electron chi connectivity index (χ1n) is 20.0. The van der Waals surface area contributed by atoms with Gasteiger partial charge in [-0.2, -0.15) is 0 Å². The molecule has 0 aromatic rings. The predicted octanol–water partition coefficient (Wildman–Crippen LogP) is 12.2. The Hall–Kier alpha value is -1.10. The standard InChI is InChI=1S/C40H78O5/c1-4-6-7-8-9-10-11-12-13-14-15-16-17-18-19-20-24-27-30-33-39(42)44-35-38(41)36-45-40(43)34-31-28-25-22-21-23-26-29-32-37(3)5-2/h37-38,41H,4-36H2,1-3H3/t37?,38-/m1/s1. The van der Waals surface area contributed by atoms with Crippen molar-refractivity contribution in [2.45, 2.75) is 226 Å². The molecule has 0 heterocycles. The minimum atomic E-state index is -0.955. The lowest BCUT2D eigenvalue weighted by molar-refractivity contribution is -0.152. The molecule has 0 aliphatic carbocycles. The van der Waals surface area contributed by atoms with E-state index in [2.05, 4.69) is 20.8 Å². The van der Waals surface area contributed by atoms with Gasteiger partial charge in [0, 0.05) is 12.8 Å². The Balaban J connectivity index is 3.37. The van der Waals surface area contributed by atoms with Gasteiger partial charge >= 0.3 is 11.9 Å². The molecule has 0 radical (unpaired) electrons. The Bertz CT molecular complexity index is 622. The Kier molecular flexibility index (Phi) is 34.9. The molecule has 0 aliphatic heterocycles. The van der Waals surface area contributed by atoms with E-state index in [-0.39, 0.29) is 25.2 Å². The Morgan fingerprint density at radius 2 is 0.756 bits per heavy atom. The van der Waals surface area contributed by atoms with Crippen LogP contribution in [0.4, 0.5) is 0 Å². The summed E-state index contributed by atoms with van der Waals surface area (Å²) in [6.45, 7) is 6.67. The summed E-state index contributed by atoms with van der Waals surface area (Å²) < 4.78 is 10.3. The third-order valence-electron chi connectivity index (χ3n) is 9.38. The number of hydrogen-bond acceptors (Lipinski definition) is 5. The van der Waals surface area contributed by atoms with Gasteiger partial charge in [0.2, 0.25) is 0 Å². The van der Waals surface area contributed by atoms with Crippen molar-refractivity contribution < 1.29 is 24.2 Å². The van der Waals surface area contributed by atoms with Crippen molar-refractivity contribution in [3.05, 3.63) is 0 Å². The maximum absolute atomic E-state index is 12.0. The number of rotatable bonds is 36. The third kappa shape index (κ3) is 35.6. The van der Waals surface area contributed by atoms with Crippen LogP contribution in [0.5, 0.6) is 0 Å². The third-order valence-corrected chi connectivity index (χ3v) is 9.38. The fraction of sp³-hybridized carbons (Fsp3) is 0.950. The van der Waals surface area contributed by atoms with Gasteiger partial charge in [0.05, 0.1) is 0 Å². The molecule has 1 unspecified atom stereocenters. The summed E-state index contributed by atoms with van der Waals surface area (Å²) >= 11 is 0. The maximum Gasteiger partial charge on any atom is 0.305 e. The molecule has 0 saturated heterocycles. The number of hydrogen-bond donors (Lipinski definition) is 1. The second-order valence-corrected chi connectivity index (χ2v) is 14.0. The van der Waals surface area contributed by atoms with Gasteiger partial charge in [0.15, 0.2) is 0 Å². The van der Waals surface area contributed by atoms with E-state index in [4.69, 9.17) is 9.47 Å². The van der Waals surface area contributed by atoms with Crippen LogP contribution >= 0.6 is 0 Å². The average Bonchev–Trinajstić information content (AvgIpc) is 3.04. The molecule has 0 rings (SSSR count). The smallest absolute Gasteiger partial charge is 0.305 e. The normalized spacial score (nSPS) is 12.7. The lowest BCUT2D eigenvalue weighted by Gasteiger charge is -2.12. The van der Waals surface area contributed by atoms with Crippen LogP contribution in [0.2, 0.25) is 0 Å². The van der Waals surface area contributed by atoms with Crippen LogP contribution < -0.4 is 0 Å². The van der Waals surface area contributed by atoms with Crippen LogP contribution in [-0.4, -0.2) is 36.4 Å². The lowest BCUT2D eigenvalue weighted by Crippen LogP contribution is -2.25. The Morgan fingerprint density at radius 3 is 1.07 bits per heavy atom. The van der Waals surface area contributed by atoms with Gasteiger partial charge in [0.25, 0.3) is 0 Å². The highest BCUT2D eigenvalue weighted by atomic mass is 16.6. The number of carbonyl (C=O) groups is 2. The SMILES string of the molecule is CCCCCCCCCCCCCCCCCCCCCC(=O)OC[C@@H](O)COC(=O)CCCCCCCCCCC(C)CC. The van der Waals surface area contributed by atoms with Gasteiger partial charge in [-0.15, -0.1) is 0 Å². The maximum atomic E-state index is 12.0. The van der Waals surface area contributed by atoms with Gasteiger partial charge in [-0.05, 0) is 18.8 Å². The van der Waals surface area contributed by atoms with Crippen molar-refractivity contribution >= 4 is 11.9 Å². The molecule has 2 atom stereocenters. The minimum Gasteiger partial charge on any atom is -0.463 e. The van der Waals surface area contributed by atoms with E-state index < -0.39 is 6.10 Å². The molecule has 0 spiro atoms. The zero-order valence-electron chi connectivity index (χ0n) is 30.6. The molecule has 0 saturated carbocycles. The highest BCUT2D eigenvalue weighted by Crippen LogP contribution is 2.16. The minimum absolute atomic E-state index is 0.109. The molecule has 0 amide bonds. The van der Waals surface area contributed by atoms with Gasteiger partial charge in [-0.1, -0.05) is 194 Å². The fourth-order valence-corrected chi connectivity index (χ4v) is 5.95. The zero-order chi connectivity index (χ0) is 33.1. The van der Waals surface area contributed by atoms with Crippen LogP contribution in [0.25, 0.3) is 0 Å². The summed E-state index contributed by atoms with van der Waals surface area (Å²) in [7, 11) is 0. The van der Waals surface area contributed by atoms with Crippen LogP contribution in [-0.2, 0) is 19.1 Å². The van der Waals surface area contributed by atoms with E-state index in [1.165, 1.54) is 154 Å². The molecule has 45 heavy (non-hydrogen) atoms. The Labute approximate surface area is 280 Å². The molecule has 0 aromatic carbocycles. The van der Waals surface area contributed by atoms with Crippen molar-refractivity contribution in [1.82, 2.24) is 0 Å². The monoisotopic (exact) mass is 639 g/mol. The van der Waals surface area contributed by atoms with E-state index in [1.807, 2.05) is 0 Å². The fourth-order valence-electron chi connectivity index (χ4n) is 5.95. The largest absolute Gasteiger partial charge is 0.463 e. The zero-order valence-corrected chi connectivity index (χ0v) is 30.6. The summed E-state index contributed by atoms with van der Waals surface area (Å²) in [5.41, 5.74) is 0. The molecule has 0 bridgehead atoms. The summed E-state index contributed by atoms with van der Waals surface area (Å²) in [5, 5.41) is 10.0. The average molecular weight is 639 g/mol. The van der Waals surface area contributed by atoms with Crippen molar-refractivity contribution in [1.29, 1.82) is 0 Å². The first-order valence-corrected chi connectivity index (χ1v) is 20.0. The second-order valence-electron chi connectivity index (χ2n) is 14.0. The molecule has 0 aromatic heterocycles. The first kappa shape index (κ1) is 43.9. The van der Waals surface area contributed by atoms with Gasteiger partial charge in [0.1, 0.15) is 19.3 Å². The van der Waals surface area contributed by atoms with Crippen molar-refractivity contribution in [2.75, 3.05) is 13.2 Å². The topological polar surface area (TPSA) is 72.8 Å². The van der Waals surface area contributed by atoms with E-state index in [9.17, 15) is 14.7 Å². The summed E-state index contributed by atoms with van der Waals surface area (Å²) in [5.74, 6) is 0.307. The van der Waals surface area contributed by atoms with Crippen LogP contribution in [0, 0.1) is 5.92 Å². The molecule has 5 heteroatoms. The van der Waals surface area contributed by atoms with Gasteiger partial charge < -0.3 is 14.6 Å². The van der Waals surface area contributed by atoms with E-state index in [1.54, 1.807) is 0 Å². The van der Waals surface area contributed by atoms with Crippen LogP contribution in [0.15, 0.2) is 0 Å². The quantitative estimate of drug-likeness (QED) is 0.0546. The van der Waals surface area contributed by atoms with Crippen molar-refractivity contribution in [3.8, 4) is 0 Å². The number of unbranched alkanes of at least 4 members (excludes halogenated alkanes) is 25. The molecule has 0 aliphatic rings. The highest BCUT2D eigenvalue weighted by molar-refractivity contribution is 5.69. The number of esters is 2. The number of carbonyl (C=O) groups excluding carboxylic acids is 2. The van der Waals surface area contributed by atoms with E-state index >= 15 is 0 Å². The van der Waals surface area contributed by atoms with Crippen LogP contribution in [0.3, 0.4) is 0 Å².